The summed E-state index contributed by atoms with van der Waals surface area (Å²) in [5.74, 6) is 0. The molecule has 1 heterocycles. The van der Waals surface area contributed by atoms with Crippen molar-refractivity contribution in [1.29, 1.82) is 0 Å². The van der Waals surface area contributed by atoms with Crippen LogP contribution >= 0.6 is 11.6 Å². The van der Waals surface area contributed by atoms with Gasteiger partial charge in [-0.05, 0) is 54.6 Å². The lowest BCUT2D eigenvalue weighted by molar-refractivity contribution is 0.604. The van der Waals surface area contributed by atoms with E-state index in [2.05, 4.69) is 41.7 Å². The van der Waals surface area contributed by atoms with Gasteiger partial charge in [0.15, 0.2) is 0 Å². The van der Waals surface area contributed by atoms with Gasteiger partial charge in [-0.3, -0.25) is 0 Å². The minimum Gasteiger partial charge on any atom is -0.314 e. The topological polar surface area (TPSA) is 12.0 Å². The molecule has 0 radical (unpaired) electrons. The van der Waals surface area contributed by atoms with Gasteiger partial charge >= 0.3 is 0 Å². The molecule has 3 rings (SSSR count). The number of benzene rings is 2. The molecular formula is C17H18ClN. The van der Waals surface area contributed by atoms with Gasteiger partial charge in [0.05, 0.1) is 0 Å². The van der Waals surface area contributed by atoms with Crippen molar-refractivity contribution in [3.05, 3.63) is 59.1 Å². The van der Waals surface area contributed by atoms with Crippen LogP contribution in [0.2, 0.25) is 5.02 Å². The van der Waals surface area contributed by atoms with Crippen molar-refractivity contribution >= 4 is 11.6 Å². The van der Waals surface area contributed by atoms with Crippen molar-refractivity contribution < 1.29 is 0 Å². The molecule has 0 spiro atoms. The zero-order chi connectivity index (χ0) is 13.1. The van der Waals surface area contributed by atoms with Crippen LogP contribution in [0.3, 0.4) is 0 Å². The van der Waals surface area contributed by atoms with Gasteiger partial charge in [0, 0.05) is 11.1 Å². The molecule has 0 bridgehead atoms. The van der Waals surface area contributed by atoms with E-state index in [4.69, 9.17) is 11.6 Å². The molecule has 1 unspecified atom stereocenters. The van der Waals surface area contributed by atoms with E-state index in [0.717, 1.165) is 18.0 Å². The Morgan fingerprint density at radius 3 is 2.58 bits per heavy atom. The highest BCUT2D eigenvalue weighted by Gasteiger charge is 2.16. The van der Waals surface area contributed by atoms with Gasteiger partial charge < -0.3 is 5.32 Å². The molecule has 0 aromatic heterocycles. The average molecular weight is 272 g/mol. The molecule has 1 saturated heterocycles. The lowest BCUT2D eigenvalue weighted by atomic mass is 9.95. The van der Waals surface area contributed by atoms with Crippen LogP contribution in [0.15, 0.2) is 48.5 Å². The minimum absolute atomic E-state index is 0.633. The summed E-state index contributed by atoms with van der Waals surface area (Å²) in [6, 6.07) is 17.4. The molecule has 1 fully saturated rings. The fraction of sp³-hybridized carbons (Fsp3) is 0.294. The summed E-state index contributed by atoms with van der Waals surface area (Å²) in [5.41, 5.74) is 4.00. The van der Waals surface area contributed by atoms with Crippen LogP contribution in [-0.2, 0) is 6.42 Å². The van der Waals surface area contributed by atoms with Crippen LogP contribution in [-0.4, -0.2) is 12.6 Å². The maximum absolute atomic E-state index is 5.97. The van der Waals surface area contributed by atoms with E-state index in [1.807, 2.05) is 12.1 Å². The van der Waals surface area contributed by atoms with E-state index in [1.165, 1.54) is 29.5 Å². The second kappa shape index (κ2) is 5.77. The zero-order valence-electron chi connectivity index (χ0n) is 10.9. The van der Waals surface area contributed by atoms with Crippen LogP contribution in [0.25, 0.3) is 11.1 Å². The maximum atomic E-state index is 5.97. The normalized spacial score (nSPS) is 18.7. The Kier molecular flexibility index (Phi) is 3.86. The van der Waals surface area contributed by atoms with Gasteiger partial charge in [0.25, 0.3) is 0 Å². The molecule has 1 N–H and O–H groups in total. The van der Waals surface area contributed by atoms with E-state index in [9.17, 15) is 0 Å². The van der Waals surface area contributed by atoms with Crippen LogP contribution in [0.4, 0.5) is 0 Å². The van der Waals surface area contributed by atoms with Crippen LogP contribution < -0.4 is 5.32 Å². The van der Waals surface area contributed by atoms with Crippen molar-refractivity contribution in [3.8, 4) is 11.1 Å². The average Bonchev–Trinajstić information content (AvgIpc) is 2.93. The number of hydrogen-bond donors (Lipinski definition) is 1. The Morgan fingerprint density at radius 1 is 1.05 bits per heavy atom. The smallest absolute Gasteiger partial charge is 0.0406 e. The van der Waals surface area contributed by atoms with Crippen LogP contribution in [0.1, 0.15) is 18.4 Å². The van der Waals surface area contributed by atoms with Crippen molar-refractivity contribution in [3.63, 3.8) is 0 Å². The third kappa shape index (κ3) is 2.99. The van der Waals surface area contributed by atoms with Gasteiger partial charge in [0.2, 0.25) is 0 Å². The molecule has 2 aromatic carbocycles. The van der Waals surface area contributed by atoms with Crippen molar-refractivity contribution in [2.75, 3.05) is 6.54 Å². The highest BCUT2D eigenvalue weighted by atomic mass is 35.5. The Morgan fingerprint density at radius 2 is 1.84 bits per heavy atom. The van der Waals surface area contributed by atoms with Crippen LogP contribution in [0.5, 0.6) is 0 Å². The second-order valence-electron chi connectivity index (χ2n) is 5.16. The lowest BCUT2D eigenvalue weighted by Crippen LogP contribution is -2.23. The quantitative estimate of drug-likeness (QED) is 0.878. The third-order valence-electron chi connectivity index (χ3n) is 3.80. The summed E-state index contributed by atoms with van der Waals surface area (Å²) in [7, 11) is 0. The summed E-state index contributed by atoms with van der Waals surface area (Å²) in [5, 5.41) is 4.36. The predicted molar refractivity (Wildman–Crippen MR) is 81.6 cm³/mol. The first-order valence-corrected chi connectivity index (χ1v) is 7.28. The van der Waals surface area contributed by atoms with E-state index in [1.54, 1.807) is 0 Å². The minimum atomic E-state index is 0.633. The fourth-order valence-corrected chi connectivity index (χ4v) is 2.93. The Balaban J connectivity index is 1.90. The van der Waals surface area contributed by atoms with Gasteiger partial charge in [-0.15, -0.1) is 0 Å². The number of hydrogen-bond acceptors (Lipinski definition) is 1. The molecule has 1 aliphatic rings. The first-order valence-electron chi connectivity index (χ1n) is 6.90. The number of rotatable bonds is 3. The Hall–Kier alpha value is -1.31. The summed E-state index contributed by atoms with van der Waals surface area (Å²) in [6.07, 6.45) is 3.70. The second-order valence-corrected chi connectivity index (χ2v) is 5.60. The number of halogens is 1. The molecule has 19 heavy (non-hydrogen) atoms. The largest absolute Gasteiger partial charge is 0.314 e. The van der Waals surface area contributed by atoms with E-state index >= 15 is 0 Å². The number of nitrogens with one attached hydrogen (secondary N) is 1. The molecular weight excluding hydrogens is 254 g/mol. The van der Waals surface area contributed by atoms with Gasteiger partial charge in [0.1, 0.15) is 0 Å². The molecule has 1 aliphatic heterocycles. The zero-order valence-corrected chi connectivity index (χ0v) is 11.7. The van der Waals surface area contributed by atoms with E-state index in [0.29, 0.717) is 6.04 Å². The first kappa shape index (κ1) is 12.7. The predicted octanol–water partition coefficient (Wildman–Crippen LogP) is 4.30. The summed E-state index contributed by atoms with van der Waals surface area (Å²) >= 11 is 5.97. The molecule has 2 heteroatoms. The van der Waals surface area contributed by atoms with Gasteiger partial charge in [-0.25, -0.2) is 0 Å². The van der Waals surface area contributed by atoms with Crippen LogP contribution in [0, 0.1) is 0 Å². The highest BCUT2D eigenvalue weighted by molar-refractivity contribution is 6.30. The van der Waals surface area contributed by atoms with Crippen molar-refractivity contribution in [2.24, 2.45) is 0 Å². The molecule has 0 amide bonds. The van der Waals surface area contributed by atoms with Gasteiger partial charge in [-0.2, -0.15) is 0 Å². The summed E-state index contributed by atoms with van der Waals surface area (Å²) < 4.78 is 0. The Labute approximate surface area is 119 Å². The van der Waals surface area contributed by atoms with Crippen molar-refractivity contribution in [1.82, 2.24) is 5.32 Å². The summed E-state index contributed by atoms with van der Waals surface area (Å²) in [4.78, 5) is 0. The molecule has 2 aromatic rings. The molecule has 0 aliphatic carbocycles. The lowest BCUT2D eigenvalue weighted by Gasteiger charge is -2.14. The fourth-order valence-electron chi connectivity index (χ4n) is 2.81. The molecule has 0 saturated carbocycles. The SMILES string of the molecule is Clc1ccc(-c2ccccc2CC2CCCN2)cc1. The van der Waals surface area contributed by atoms with Gasteiger partial charge in [-0.1, -0.05) is 48.0 Å². The molecule has 1 nitrogen and oxygen atoms in total. The van der Waals surface area contributed by atoms with Crippen molar-refractivity contribution in [2.45, 2.75) is 25.3 Å². The van der Waals surface area contributed by atoms with E-state index in [-0.39, 0.29) is 0 Å². The first-order chi connectivity index (χ1) is 9.33. The Bertz CT molecular complexity index is 541. The third-order valence-corrected chi connectivity index (χ3v) is 4.05. The van der Waals surface area contributed by atoms with E-state index < -0.39 is 0 Å². The molecule has 98 valence electrons. The summed E-state index contributed by atoms with van der Waals surface area (Å²) in [6.45, 7) is 1.16. The monoisotopic (exact) mass is 271 g/mol. The maximum Gasteiger partial charge on any atom is 0.0406 e. The molecule has 1 atom stereocenters. The standard InChI is InChI=1S/C17H18ClN/c18-15-9-7-13(8-10-15)17-6-2-1-4-14(17)12-16-5-3-11-19-16/h1-2,4,6-10,16,19H,3,5,11-12H2. The highest BCUT2D eigenvalue weighted by Crippen LogP contribution is 2.27.